The molecular weight excluding hydrogens is 184 g/mol. The van der Waals surface area contributed by atoms with Crippen molar-refractivity contribution in [1.29, 1.82) is 0 Å². The number of allylic oxidation sites excluding steroid dienone is 5. The van der Waals surface area contributed by atoms with Gasteiger partial charge in [-0.1, -0.05) is 30.4 Å². The van der Waals surface area contributed by atoms with Crippen LogP contribution in [0.2, 0.25) is 0 Å². The summed E-state index contributed by atoms with van der Waals surface area (Å²) in [6.07, 6.45) is 9.56. The smallest absolute Gasteiger partial charge is 0.158 e. The number of ketones is 1. The number of hydrogen-bond donors (Lipinski definition) is 0. The average Bonchev–Trinajstić information content (AvgIpc) is 2.66. The minimum absolute atomic E-state index is 0.317. The molecule has 1 aliphatic carbocycles. The molecule has 1 aliphatic rings. The van der Waals surface area contributed by atoms with Crippen molar-refractivity contribution in [2.75, 3.05) is 0 Å². The predicted octanol–water partition coefficient (Wildman–Crippen LogP) is 3.82. The highest BCUT2D eigenvalue weighted by Gasteiger charge is 2.21. The van der Waals surface area contributed by atoms with E-state index in [1.54, 1.807) is 0 Å². The molecular formula is C14H20O. The Morgan fingerprint density at radius 1 is 1.67 bits per heavy atom. The van der Waals surface area contributed by atoms with Crippen LogP contribution in [0.5, 0.6) is 0 Å². The van der Waals surface area contributed by atoms with Crippen LogP contribution >= 0.6 is 0 Å². The van der Waals surface area contributed by atoms with Gasteiger partial charge >= 0.3 is 0 Å². The van der Waals surface area contributed by atoms with Gasteiger partial charge in [0.1, 0.15) is 0 Å². The molecule has 0 heterocycles. The Balaban J connectivity index is 2.39. The van der Waals surface area contributed by atoms with Gasteiger partial charge in [-0.15, -0.1) is 0 Å². The molecule has 0 bridgehead atoms. The monoisotopic (exact) mass is 204 g/mol. The summed E-state index contributed by atoms with van der Waals surface area (Å²) in [5, 5.41) is 0. The molecule has 0 saturated heterocycles. The van der Waals surface area contributed by atoms with Crippen molar-refractivity contribution in [2.24, 2.45) is 5.92 Å². The minimum atomic E-state index is 0.317. The Morgan fingerprint density at radius 2 is 2.40 bits per heavy atom. The first-order valence-corrected chi connectivity index (χ1v) is 5.64. The first-order valence-electron chi connectivity index (χ1n) is 5.64. The lowest BCUT2D eigenvalue weighted by Crippen LogP contribution is -2.02. The lowest BCUT2D eigenvalue weighted by molar-refractivity contribution is -0.115. The molecule has 0 saturated carbocycles. The van der Waals surface area contributed by atoms with Crippen molar-refractivity contribution in [3.8, 4) is 0 Å². The molecule has 0 unspecified atom stereocenters. The number of rotatable bonds is 5. The topological polar surface area (TPSA) is 17.1 Å². The van der Waals surface area contributed by atoms with E-state index in [0.717, 1.165) is 24.8 Å². The summed E-state index contributed by atoms with van der Waals surface area (Å²) >= 11 is 0. The molecule has 0 aliphatic heterocycles. The second kappa shape index (κ2) is 5.69. The van der Waals surface area contributed by atoms with Crippen molar-refractivity contribution in [1.82, 2.24) is 0 Å². The summed E-state index contributed by atoms with van der Waals surface area (Å²) in [7, 11) is 0. The van der Waals surface area contributed by atoms with E-state index in [2.05, 4.69) is 12.7 Å². The Bertz CT molecular complexity index is 307. The molecule has 0 spiro atoms. The molecule has 1 atom stereocenters. The largest absolute Gasteiger partial charge is 0.295 e. The van der Waals surface area contributed by atoms with Gasteiger partial charge in [0.15, 0.2) is 5.78 Å². The molecule has 0 amide bonds. The molecule has 0 aromatic carbocycles. The van der Waals surface area contributed by atoms with Gasteiger partial charge in [0.2, 0.25) is 0 Å². The lowest BCUT2D eigenvalue weighted by atomic mass is 9.96. The molecule has 82 valence electrons. The van der Waals surface area contributed by atoms with Crippen LogP contribution in [-0.4, -0.2) is 5.78 Å². The zero-order valence-corrected chi connectivity index (χ0v) is 9.75. The summed E-state index contributed by atoms with van der Waals surface area (Å²) < 4.78 is 0. The van der Waals surface area contributed by atoms with Crippen LogP contribution in [-0.2, 0) is 4.79 Å². The Kier molecular flexibility index (Phi) is 4.54. The number of hydrogen-bond acceptors (Lipinski definition) is 1. The molecule has 0 aromatic rings. The van der Waals surface area contributed by atoms with Gasteiger partial charge in [-0.2, -0.15) is 0 Å². The van der Waals surface area contributed by atoms with Crippen molar-refractivity contribution < 1.29 is 4.79 Å². The summed E-state index contributed by atoms with van der Waals surface area (Å²) in [6, 6.07) is 0. The van der Waals surface area contributed by atoms with E-state index in [0.29, 0.717) is 18.1 Å². The molecule has 0 aromatic heterocycles. The van der Waals surface area contributed by atoms with E-state index < -0.39 is 0 Å². The average molecular weight is 204 g/mol. The first kappa shape index (κ1) is 12.0. The molecule has 0 fully saturated rings. The maximum absolute atomic E-state index is 11.8. The van der Waals surface area contributed by atoms with Gasteiger partial charge in [-0.3, -0.25) is 4.79 Å². The van der Waals surface area contributed by atoms with E-state index in [4.69, 9.17) is 0 Å². The standard InChI is InChI=1S/C14H20O/c1-4-5-6-7-14(15)13-9-8-12(10-13)11(2)3/h4-5,9,12H,2,6-8,10H2,1,3H3/t12-/m1/s1. The van der Waals surface area contributed by atoms with Gasteiger partial charge in [0, 0.05) is 6.42 Å². The van der Waals surface area contributed by atoms with E-state index >= 15 is 0 Å². The molecule has 0 N–H and O–H groups in total. The molecule has 1 nitrogen and oxygen atoms in total. The Hall–Kier alpha value is -1.11. The summed E-state index contributed by atoms with van der Waals surface area (Å²) in [4.78, 5) is 11.8. The predicted molar refractivity (Wildman–Crippen MR) is 64.7 cm³/mol. The van der Waals surface area contributed by atoms with E-state index in [-0.39, 0.29) is 0 Å². The quantitative estimate of drug-likeness (QED) is 0.622. The number of carbonyl (C=O) groups excluding carboxylic acids is 1. The van der Waals surface area contributed by atoms with Crippen molar-refractivity contribution in [3.05, 3.63) is 36.0 Å². The fraction of sp³-hybridized carbons (Fsp3) is 0.500. The zero-order chi connectivity index (χ0) is 11.3. The van der Waals surface area contributed by atoms with Crippen LogP contribution in [0.25, 0.3) is 0 Å². The molecule has 1 heteroatoms. The highest BCUT2D eigenvalue weighted by atomic mass is 16.1. The van der Waals surface area contributed by atoms with Gasteiger partial charge < -0.3 is 0 Å². The maximum Gasteiger partial charge on any atom is 0.158 e. The van der Waals surface area contributed by atoms with Gasteiger partial charge in [-0.05, 0) is 44.6 Å². The fourth-order valence-corrected chi connectivity index (χ4v) is 1.86. The minimum Gasteiger partial charge on any atom is -0.295 e. The normalized spacial score (nSPS) is 20.7. The number of Topliss-reactive ketones (excluding diaryl/α,β-unsaturated/α-hetero) is 1. The Labute approximate surface area is 92.6 Å². The molecule has 1 rings (SSSR count). The summed E-state index contributed by atoms with van der Waals surface area (Å²) in [5.41, 5.74) is 2.22. The maximum atomic E-state index is 11.8. The van der Waals surface area contributed by atoms with Gasteiger partial charge in [-0.25, -0.2) is 0 Å². The number of carbonyl (C=O) groups is 1. The lowest BCUT2D eigenvalue weighted by Gasteiger charge is -2.08. The summed E-state index contributed by atoms with van der Waals surface area (Å²) in [6.45, 7) is 7.98. The van der Waals surface area contributed by atoms with E-state index in [1.807, 2.05) is 26.0 Å². The molecule has 0 radical (unpaired) electrons. The molecule has 15 heavy (non-hydrogen) atoms. The third-order valence-corrected chi connectivity index (χ3v) is 2.94. The second-order valence-electron chi connectivity index (χ2n) is 4.24. The second-order valence-corrected chi connectivity index (χ2v) is 4.24. The van der Waals surface area contributed by atoms with Crippen LogP contribution in [0.4, 0.5) is 0 Å². The highest BCUT2D eigenvalue weighted by Crippen LogP contribution is 2.30. The van der Waals surface area contributed by atoms with Crippen LogP contribution < -0.4 is 0 Å². The Morgan fingerprint density at radius 3 is 2.93 bits per heavy atom. The van der Waals surface area contributed by atoms with Crippen molar-refractivity contribution in [2.45, 2.75) is 39.5 Å². The SMILES string of the molecule is C=C(C)[C@@H]1CC=C(C(=O)CCC=CC)C1. The van der Waals surface area contributed by atoms with Crippen LogP contribution in [0.15, 0.2) is 36.0 Å². The van der Waals surface area contributed by atoms with Crippen LogP contribution in [0, 0.1) is 5.92 Å². The van der Waals surface area contributed by atoms with Crippen LogP contribution in [0.3, 0.4) is 0 Å². The third kappa shape index (κ3) is 3.50. The van der Waals surface area contributed by atoms with Crippen molar-refractivity contribution in [3.63, 3.8) is 0 Å². The third-order valence-electron chi connectivity index (χ3n) is 2.94. The van der Waals surface area contributed by atoms with Gasteiger partial charge in [0.25, 0.3) is 0 Å². The highest BCUT2D eigenvalue weighted by molar-refractivity contribution is 5.95. The first-order chi connectivity index (χ1) is 7.15. The van der Waals surface area contributed by atoms with Crippen LogP contribution in [0.1, 0.15) is 39.5 Å². The van der Waals surface area contributed by atoms with Crippen molar-refractivity contribution >= 4 is 5.78 Å². The zero-order valence-electron chi connectivity index (χ0n) is 9.75. The van der Waals surface area contributed by atoms with E-state index in [1.165, 1.54) is 5.57 Å². The van der Waals surface area contributed by atoms with E-state index in [9.17, 15) is 4.79 Å². The summed E-state index contributed by atoms with van der Waals surface area (Å²) in [5.74, 6) is 0.822. The van der Waals surface area contributed by atoms with Gasteiger partial charge in [0.05, 0.1) is 0 Å². The fourth-order valence-electron chi connectivity index (χ4n) is 1.86.